The Morgan fingerprint density at radius 3 is 2.38 bits per heavy atom. The molecule has 0 aromatic heterocycles. The Labute approximate surface area is 103 Å². The largest absolute Gasteiger partial charge is 0.103 e. The fraction of sp³-hybridized carbons (Fsp3) is 0.750. The fourth-order valence-electron chi connectivity index (χ4n) is 2.43. The lowest BCUT2D eigenvalue weighted by Crippen LogP contribution is -2.28. The van der Waals surface area contributed by atoms with Crippen molar-refractivity contribution in [1.82, 2.24) is 0 Å². The van der Waals surface area contributed by atoms with E-state index >= 15 is 0 Å². The molecule has 0 saturated carbocycles. The first-order valence-corrected chi connectivity index (χ1v) is 6.71. The second-order valence-corrected chi connectivity index (χ2v) is 5.58. The van der Waals surface area contributed by atoms with Gasteiger partial charge in [-0.05, 0) is 43.4 Å². The van der Waals surface area contributed by atoms with Crippen molar-refractivity contribution in [2.45, 2.75) is 60.3 Å². The van der Waals surface area contributed by atoms with Crippen molar-refractivity contribution in [2.75, 3.05) is 0 Å². The van der Waals surface area contributed by atoms with Crippen LogP contribution < -0.4 is 0 Å². The Balaban J connectivity index is 4.39. The zero-order valence-electron chi connectivity index (χ0n) is 11.9. The van der Waals surface area contributed by atoms with Crippen molar-refractivity contribution in [2.24, 2.45) is 17.3 Å². The normalized spacial score (nSPS) is 16.3. The van der Waals surface area contributed by atoms with Crippen LogP contribution in [-0.4, -0.2) is 0 Å². The molecule has 2 unspecified atom stereocenters. The third-order valence-electron chi connectivity index (χ3n) is 4.12. The van der Waals surface area contributed by atoms with Gasteiger partial charge in [-0.25, -0.2) is 0 Å². The summed E-state index contributed by atoms with van der Waals surface area (Å²) in [6.45, 7) is 15.5. The van der Waals surface area contributed by atoms with Crippen LogP contribution in [0.15, 0.2) is 24.8 Å². The highest BCUT2D eigenvalue weighted by atomic mass is 14.3. The molecule has 0 bridgehead atoms. The SMILES string of the molecule is C=CCC(CC)C(C)C(C)(C)CC/C=C\C. The van der Waals surface area contributed by atoms with Gasteiger partial charge in [-0.2, -0.15) is 0 Å². The van der Waals surface area contributed by atoms with Gasteiger partial charge in [0.05, 0.1) is 0 Å². The molecular weight excluding hydrogens is 192 g/mol. The Morgan fingerprint density at radius 1 is 1.31 bits per heavy atom. The maximum atomic E-state index is 3.88. The summed E-state index contributed by atoms with van der Waals surface area (Å²) in [5.41, 5.74) is 0.434. The lowest BCUT2D eigenvalue weighted by molar-refractivity contribution is 0.141. The van der Waals surface area contributed by atoms with Gasteiger partial charge < -0.3 is 0 Å². The standard InChI is InChI=1S/C16H30/c1-7-10-11-13-16(5,6)14(4)15(9-3)12-8-2/h7-8,10,14-15H,2,9,11-13H2,1,3-6H3/b10-7-. The van der Waals surface area contributed by atoms with Crippen LogP contribution in [0.25, 0.3) is 0 Å². The second kappa shape index (κ2) is 7.70. The molecule has 0 spiro atoms. The lowest BCUT2D eigenvalue weighted by Gasteiger charge is -2.37. The molecule has 0 aliphatic carbocycles. The molecule has 0 heteroatoms. The highest BCUT2D eigenvalue weighted by molar-refractivity contribution is 4.87. The van der Waals surface area contributed by atoms with E-state index in [1.165, 1.54) is 19.3 Å². The second-order valence-electron chi connectivity index (χ2n) is 5.58. The summed E-state index contributed by atoms with van der Waals surface area (Å²) < 4.78 is 0. The zero-order valence-corrected chi connectivity index (χ0v) is 11.9. The van der Waals surface area contributed by atoms with Crippen molar-refractivity contribution >= 4 is 0 Å². The van der Waals surface area contributed by atoms with Crippen molar-refractivity contribution < 1.29 is 0 Å². The zero-order chi connectivity index (χ0) is 12.6. The Hall–Kier alpha value is -0.520. The first kappa shape index (κ1) is 15.5. The summed E-state index contributed by atoms with van der Waals surface area (Å²) in [7, 11) is 0. The summed E-state index contributed by atoms with van der Waals surface area (Å²) in [6.07, 6.45) is 11.4. The van der Waals surface area contributed by atoms with Gasteiger partial charge in [0.2, 0.25) is 0 Å². The van der Waals surface area contributed by atoms with Crippen molar-refractivity contribution in [1.29, 1.82) is 0 Å². The van der Waals surface area contributed by atoms with Gasteiger partial charge in [0.25, 0.3) is 0 Å². The van der Waals surface area contributed by atoms with Gasteiger partial charge >= 0.3 is 0 Å². The first-order valence-electron chi connectivity index (χ1n) is 6.71. The van der Waals surface area contributed by atoms with E-state index in [2.05, 4.69) is 59.4 Å². The predicted molar refractivity (Wildman–Crippen MR) is 75.6 cm³/mol. The summed E-state index contributed by atoms with van der Waals surface area (Å²) in [6, 6.07) is 0. The molecule has 0 N–H and O–H groups in total. The third-order valence-corrected chi connectivity index (χ3v) is 4.12. The Bertz CT molecular complexity index is 210. The minimum Gasteiger partial charge on any atom is -0.103 e. The molecule has 94 valence electrons. The summed E-state index contributed by atoms with van der Waals surface area (Å²) in [5, 5.41) is 0. The molecule has 0 fully saturated rings. The molecule has 0 nitrogen and oxygen atoms in total. The average Bonchev–Trinajstić information content (AvgIpc) is 2.25. The highest BCUT2D eigenvalue weighted by Crippen LogP contribution is 2.39. The molecule has 0 aliphatic heterocycles. The van der Waals surface area contributed by atoms with Crippen LogP contribution in [0.3, 0.4) is 0 Å². The van der Waals surface area contributed by atoms with Gasteiger partial charge in [-0.3, -0.25) is 0 Å². The lowest BCUT2D eigenvalue weighted by atomic mass is 9.69. The van der Waals surface area contributed by atoms with Crippen molar-refractivity contribution in [3.8, 4) is 0 Å². The van der Waals surface area contributed by atoms with E-state index in [9.17, 15) is 0 Å². The van der Waals surface area contributed by atoms with Crippen LogP contribution in [-0.2, 0) is 0 Å². The maximum absolute atomic E-state index is 3.88. The maximum Gasteiger partial charge on any atom is -0.0322 e. The van der Waals surface area contributed by atoms with Crippen LogP contribution >= 0.6 is 0 Å². The molecule has 0 amide bonds. The summed E-state index contributed by atoms with van der Waals surface area (Å²) in [4.78, 5) is 0. The average molecular weight is 222 g/mol. The van der Waals surface area contributed by atoms with Crippen LogP contribution in [0.2, 0.25) is 0 Å². The monoisotopic (exact) mass is 222 g/mol. The number of allylic oxidation sites excluding steroid dienone is 3. The van der Waals surface area contributed by atoms with Crippen molar-refractivity contribution in [3.05, 3.63) is 24.8 Å². The first-order chi connectivity index (χ1) is 7.49. The minimum atomic E-state index is 0.434. The van der Waals surface area contributed by atoms with Gasteiger partial charge in [-0.1, -0.05) is 52.3 Å². The van der Waals surface area contributed by atoms with Crippen LogP contribution in [0.1, 0.15) is 60.3 Å². The quantitative estimate of drug-likeness (QED) is 0.468. The van der Waals surface area contributed by atoms with E-state index in [4.69, 9.17) is 0 Å². The molecule has 0 aromatic carbocycles. The molecule has 0 aliphatic rings. The minimum absolute atomic E-state index is 0.434. The van der Waals surface area contributed by atoms with Gasteiger partial charge in [0.15, 0.2) is 0 Å². The number of hydrogen-bond acceptors (Lipinski definition) is 0. The third kappa shape index (κ3) is 5.01. The molecule has 16 heavy (non-hydrogen) atoms. The molecule has 0 radical (unpaired) electrons. The molecule has 0 saturated heterocycles. The predicted octanol–water partition coefficient (Wildman–Crippen LogP) is 5.61. The fourth-order valence-corrected chi connectivity index (χ4v) is 2.43. The highest BCUT2D eigenvalue weighted by Gasteiger charge is 2.29. The van der Waals surface area contributed by atoms with E-state index in [0.717, 1.165) is 18.3 Å². The van der Waals surface area contributed by atoms with E-state index in [1.54, 1.807) is 0 Å². The van der Waals surface area contributed by atoms with Gasteiger partial charge in [0, 0.05) is 0 Å². The topological polar surface area (TPSA) is 0 Å². The number of hydrogen-bond donors (Lipinski definition) is 0. The smallest absolute Gasteiger partial charge is 0.0322 e. The van der Waals surface area contributed by atoms with E-state index in [-0.39, 0.29) is 0 Å². The van der Waals surface area contributed by atoms with Crippen LogP contribution in [0, 0.1) is 17.3 Å². The molecule has 0 heterocycles. The number of rotatable bonds is 8. The molecular formula is C16H30. The molecule has 0 rings (SSSR count). The van der Waals surface area contributed by atoms with Crippen LogP contribution in [0.5, 0.6) is 0 Å². The van der Waals surface area contributed by atoms with E-state index in [1.807, 2.05) is 0 Å². The molecule has 0 aromatic rings. The van der Waals surface area contributed by atoms with Gasteiger partial charge in [0.1, 0.15) is 0 Å². The van der Waals surface area contributed by atoms with Crippen LogP contribution in [0.4, 0.5) is 0 Å². The Morgan fingerprint density at radius 2 is 1.94 bits per heavy atom. The van der Waals surface area contributed by atoms with E-state index < -0.39 is 0 Å². The van der Waals surface area contributed by atoms with E-state index in [0.29, 0.717) is 5.41 Å². The summed E-state index contributed by atoms with van der Waals surface area (Å²) in [5.74, 6) is 1.55. The van der Waals surface area contributed by atoms with Gasteiger partial charge in [-0.15, -0.1) is 6.58 Å². The van der Waals surface area contributed by atoms with Crippen molar-refractivity contribution in [3.63, 3.8) is 0 Å². The Kier molecular flexibility index (Phi) is 7.45. The summed E-state index contributed by atoms with van der Waals surface area (Å²) >= 11 is 0. The molecule has 2 atom stereocenters.